The molecule has 0 spiro atoms. The molecule has 0 heterocycles. The van der Waals surface area contributed by atoms with E-state index in [0.29, 0.717) is 17.5 Å². The minimum Gasteiger partial charge on any atom is -0.481 e. The molecule has 0 aliphatic heterocycles. The molecule has 0 radical (unpaired) electrons. The summed E-state index contributed by atoms with van der Waals surface area (Å²) in [6.45, 7) is 0.0126. The van der Waals surface area contributed by atoms with Gasteiger partial charge in [-0.05, 0) is 84.8 Å². The van der Waals surface area contributed by atoms with Crippen LogP contribution < -0.4 is 15.5 Å². The molecule has 1 aliphatic rings. The number of alkyl halides is 3. The van der Waals surface area contributed by atoms with Gasteiger partial charge in [0, 0.05) is 34.5 Å². The lowest BCUT2D eigenvalue weighted by molar-refractivity contribution is -0.403. The third-order valence-electron chi connectivity index (χ3n) is 7.04. The molecule has 236 valence electrons. The van der Waals surface area contributed by atoms with E-state index in [1.807, 2.05) is 12.1 Å². The quantitative estimate of drug-likeness (QED) is 0.131. The number of carbonyl (C=O) groups excluding carboxylic acids is 1. The third kappa shape index (κ3) is 9.67. The van der Waals surface area contributed by atoms with Crippen LogP contribution in [0.15, 0.2) is 89.3 Å². The van der Waals surface area contributed by atoms with Crippen molar-refractivity contribution in [2.45, 2.75) is 44.8 Å². The van der Waals surface area contributed by atoms with Crippen molar-refractivity contribution >= 4 is 44.8 Å². The minimum atomic E-state index is -4.64. The number of carbonyl (C=O) groups is 2. The monoisotopic (exact) mass is 686 g/mol. The number of nitrogens with zero attached hydrogens (tertiary/aromatic N) is 2. The van der Waals surface area contributed by atoms with Crippen molar-refractivity contribution in [3.05, 3.63) is 122 Å². The number of hydrogen-bond donors (Lipinski definition) is 3. The number of anilines is 2. The van der Waals surface area contributed by atoms with Crippen molar-refractivity contribution in [2.24, 2.45) is 0 Å². The Labute approximate surface area is 265 Å². The fourth-order valence-corrected chi connectivity index (χ4v) is 5.34. The van der Waals surface area contributed by atoms with Crippen LogP contribution in [0.2, 0.25) is 0 Å². The number of allylic oxidation sites excluding steroid dienone is 2. The van der Waals surface area contributed by atoms with Crippen LogP contribution in [0.4, 0.5) is 24.5 Å². The zero-order valence-electron chi connectivity index (χ0n) is 23.9. The van der Waals surface area contributed by atoms with E-state index in [0.717, 1.165) is 43.4 Å². The average molecular weight is 688 g/mol. The van der Waals surface area contributed by atoms with Crippen LogP contribution in [-0.2, 0) is 17.5 Å². The molecule has 0 fully saturated rings. The Balaban J connectivity index is 1.68. The van der Waals surface area contributed by atoms with Gasteiger partial charge in [0.2, 0.25) is 0 Å². The maximum Gasteiger partial charge on any atom is 0.416 e. The van der Waals surface area contributed by atoms with Gasteiger partial charge in [0.15, 0.2) is 5.82 Å². The highest BCUT2D eigenvalue weighted by molar-refractivity contribution is 9.10. The SMILES string of the molecule is O=C(O)CCNC(=O)c1ccc(CN(/C(=C\[N+](=O)[O-])Nc2cc(Br)cc(C(F)(F)F)c2)c2ccc(C3=CCCCC3)cc2)cc1. The molecule has 3 aromatic carbocycles. The van der Waals surface area contributed by atoms with Gasteiger partial charge >= 0.3 is 12.1 Å². The normalized spacial score (nSPS) is 13.5. The van der Waals surface area contributed by atoms with Crippen molar-refractivity contribution < 1.29 is 32.8 Å². The third-order valence-corrected chi connectivity index (χ3v) is 7.50. The van der Waals surface area contributed by atoms with Gasteiger partial charge in [0.05, 0.1) is 16.9 Å². The summed E-state index contributed by atoms with van der Waals surface area (Å²) in [6.07, 6.45) is 2.16. The highest BCUT2D eigenvalue weighted by Crippen LogP contribution is 2.35. The number of carboxylic acids is 1. The van der Waals surface area contributed by atoms with Crippen LogP contribution in [0.5, 0.6) is 0 Å². The Morgan fingerprint density at radius 3 is 2.36 bits per heavy atom. The van der Waals surface area contributed by atoms with Gasteiger partial charge in [-0.1, -0.05) is 46.3 Å². The van der Waals surface area contributed by atoms with E-state index in [1.165, 1.54) is 23.8 Å². The molecule has 0 saturated carbocycles. The van der Waals surface area contributed by atoms with Gasteiger partial charge in [-0.3, -0.25) is 19.7 Å². The molecule has 45 heavy (non-hydrogen) atoms. The molecule has 0 atom stereocenters. The summed E-state index contributed by atoms with van der Waals surface area (Å²) < 4.78 is 40.8. The number of hydrogen-bond acceptors (Lipinski definition) is 6. The van der Waals surface area contributed by atoms with Crippen LogP contribution in [-0.4, -0.2) is 28.5 Å². The lowest BCUT2D eigenvalue weighted by atomic mass is 9.93. The summed E-state index contributed by atoms with van der Waals surface area (Å²) in [4.78, 5) is 35.8. The van der Waals surface area contributed by atoms with E-state index in [2.05, 4.69) is 32.6 Å². The number of halogens is 4. The number of carboxylic acid groups (broad SMARTS) is 1. The molecule has 3 N–H and O–H groups in total. The Morgan fingerprint density at radius 1 is 1.04 bits per heavy atom. The Bertz CT molecular complexity index is 1610. The minimum absolute atomic E-state index is 0.0211. The predicted octanol–water partition coefficient (Wildman–Crippen LogP) is 7.82. The van der Waals surface area contributed by atoms with E-state index in [9.17, 15) is 32.9 Å². The molecule has 1 aliphatic carbocycles. The molecule has 0 unspecified atom stereocenters. The summed E-state index contributed by atoms with van der Waals surface area (Å²) in [5, 5.41) is 25.9. The first kappa shape index (κ1) is 33.2. The smallest absolute Gasteiger partial charge is 0.416 e. The molecule has 4 rings (SSSR count). The molecule has 3 aromatic rings. The molecule has 0 bridgehead atoms. The van der Waals surface area contributed by atoms with Crippen molar-refractivity contribution in [3.63, 3.8) is 0 Å². The van der Waals surface area contributed by atoms with Crippen LogP contribution >= 0.6 is 15.9 Å². The van der Waals surface area contributed by atoms with Crippen LogP contribution in [0.25, 0.3) is 5.57 Å². The van der Waals surface area contributed by atoms with Crippen LogP contribution in [0, 0.1) is 10.1 Å². The van der Waals surface area contributed by atoms with Crippen molar-refractivity contribution in [3.8, 4) is 0 Å². The van der Waals surface area contributed by atoms with Gasteiger partial charge in [0.1, 0.15) is 0 Å². The molecule has 1 amide bonds. The van der Waals surface area contributed by atoms with Gasteiger partial charge in [-0.25, -0.2) is 0 Å². The zero-order chi connectivity index (χ0) is 32.6. The number of benzene rings is 3. The second-order valence-electron chi connectivity index (χ2n) is 10.4. The number of rotatable bonds is 12. The number of aliphatic carboxylic acids is 1. The first-order valence-corrected chi connectivity index (χ1v) is 14.8. The Kier molecular flexibility index (Phi) is 11.0. The molecular formula is C32H30BrF3N4O5. The fraction of sp³-hybridized carbons (Fsp3) is 0.250. The highest BCUT2D eigenvalue weighted by Gasteiger charge is 2.31. The Hall–Kier alpha value is -4.65. The van der Waals surface area contributed by atoms with Gasteiger partial charge < -0.3 is 20.6 Å². The highest BCUT2D eigenvalue weighted by atomic mass is 79.9. The number of nitrogens with one attached hydrogen (secondary N) is 2. The summed E-state index contributed by atoms with van der Waals surface area (Å²) in [6, 6.07) is 17.0. The van der Waals surface area contributed by atoms with Gasteiger partial charge in [-0.15, -0.1) is 0 Å². The maximum atomic E-state index is 13.6. The first-order valence-electron chi connectivity index (χ1n) is 14.0. The molecule has 0 saturated heterocycles. The first-order chi connectivity index (χ1) is 21.4. The molecule has 13 heteroatoms. The predicted molar refractivity (Wildman–Crippen MR) is 168 cm³/mol. The second-order valence-corrected chi connectivity index (χ2v) is 11.3. The van der Waals surface area contributed by atoms with Crippen molar-refractivity contribution in [2.75, 3.05) is 16.8 Å². The maximum absolute atomic E-state index is 13.6. The summed E-state index contributed by atoms with van der Waals surface area (Å²) in [5.74, 6) is -1.59. The number of amides is 1. The van der Waals surface area contributed by atoms with Crippen molar-refractivity contribution in [1.82, 2.24) is 5.32 Å². The number of nitro groups is 1. The Morgan fingerprint density at radius 2 is 1.76 bits per heavy atom. The van der Waals surface area contributed by atoms with E-state index in [1.54, 1.807) is 29.2 Å². The van der Waals surface area contributed by atoms with E-state index < -0.39 is 28.5 Å². The molecular weight excluding hydrogens is 657 g/mol. The van der Waals surface area contributed by atoms with E-state index >= 15 is 0 Å². The second kappa shape index (κ2) is 14.9. The summed E-state index contributed by atoms with van der Waals surface area (Å²) in [5.41, 5.74) is 2.74. The fourth-order valence-electron chi connectivity index (χ4n) is 4.84. The van der Waals surface area contributed by atoms with Crippen LogP contribution in [0.1, 0.15) is 59.2 Å². The largest absolute Gasteiger partial charge is 0.481 e. The van der Waals surface area contributed by atoms with Crippen LogP contribution in [0.3, 0.4) is 0 Å². The lowest BCUT2D eigenvalue weighted by Crippen LogP contribution is -2.28. The van der Waals surface area contributed by atoms with Crippen molar-refractivity contribution in [1.29, 1.82) is 0 Å². The summed E-state index contributed by atoms with van der Waals surface area (Å²) >= 11 is 3.09. The standard InChI is InChI=1S/C32H30BrF3N4O5/c33-26-16-25(32(34,35)36)17-27(18-26)38-29(20-40(44)45)39(28-12-10-23(11-13-28)22-4-2-1-3-5-22)19-21-6-8-24(9-7-21)31(43)37-15-14-30(41)42/h4,6-13,16-18,20,38H,1-3,5,14-15,19H2,(H,37,43)(H,41,42)/b29-20-. The van der Waals surface area contributed by atoms with Gasteiger partial charge in [0.25, 0.3) is 12.1 Å². The van der Waals surface area contributed by atoms with E-state index in [-0.39, 0.29) is 41.1 Å². The van der Waals surface area contributed by atoms with E-state index in [4.69, 9.17) is 5.11 Å². The molecule has 0 aromatic heterocycles. The molecule has 9 nitrogen and oxygen atoms in total. The topological polar surface area (TPSA) is 125 Å². The van der Waals surface area contributed by atoms with Gasteiger partial charge in [-0.2, -0.15) is 13.2 Å². The lowest BCUT2D eigenvalue weighted by Gasteiger charge is -2.28. The average Bonchev–Trinajstić information content (AvgIpc) is 2.99. The summed E-state index contributed by atoms with van der Waals surface area (Å²) in [7, 11) is 0. The zero-order valence-corrected chi connectivity index (χ0v) is 25.5.